The monoisotopic (exact) mass is 329 g/mol. The quantitative estimate of drug-likeness (QED) is 0.824. The van der Waals surface area contributed by atoms with E-state index in [4.69, 9.17) is 4.74 Å². The number of hydrogen-bond acceptors (Lipinski definition) is 2. The Balaban J connectivity index is 1.82. The molecule has 2 aromatic rings. The van der Waals surface area contributed by atoms with Gasteiger partial charge in [0.25, 0.3) is 0 Å². The van der Waals surface area contributed by atoms with Gasteiger partial charge in [0.1, 0.15) is 11.6 Å². The minimum atomic E-state index is -0.246. The molecule has 0 spiro atoms. The summed E-state index contributed by atoms with van der Waals surface area (Å²) in [5, 5.41) is 0. The van der Waals surface area contributed by atoms with E-state index in [1.807, 2.05) is 26.2 Å². The number of halogens is 2. The summed E-state index contributed by atoms with van der Waals surface area (Å²) in [7, 11) is 4.03. The van der Waals surface area contributed by atoms with Crippen LogP contribution in [0.4, 0.5) is 8.78 Å². The summed E-state index contributed by atoms with van der Waals surface area (Å²) in [5.74, 6) is -0.395. The molecule has 24 heavy (non-hydrogen) atoms. The molecule has 3 atom stereocenters. The lowest BCUT2D eigenvalue weighted by Gasteiger charge is -2.20. The van der Waals surface area contributed by atoms with E-state index in [0.29, 0.717) is 6.42 Å². The first kappa shape index (κ1) is 15.7. The van der Waals surface area contributed by atoms with E-state index in [2.05, 4.69) is 4.90 Å². The summed E-state index contributed by atoms with van der Waals surface area (Å²) < 4.78 is 34.0. The molecule has 4 rings (SSSR count). The molecule has 1 saturated heterocycles. The number of likely N-dealkylation sites (N-methyl/N-ethyl adjacent to an activating group) is 1. The molecule has 126 valence electrons. The Morgan fingerprint density at radius 1 is 1.00 bits per heavy atom. The molecule has 2 aliphatic rings. The second kappa shape index (κ2) is 5.94. The molecule has 2 aromatic carbocycles. The Bertz CT molecular complexity index is 715. The van der Waals surface area contributed by atoms with Gasteiger partial charge in [0.2, 0.25) is 0 Å². The highest BCUT2D eigenvalue weighted by molar-refractivity contribution is 5.45. The molecular formula is C20H21F2NO. The van der Waals surface area contributed by atoms with Crippen molar-refractivity contribution in [2.75, 3.05) is 20.6 Å². The van der Waals surface area contributed by atoms with Gasteiger partial charge in [-0.1, -0.05) is 12.1 Å². The normalized spacial score (nSPS) is 25.1. The fourth-order valence-electron chi connectivity index (χ4n) is 4.14. The smallest absolute Gasteiger partial charge is 0.123 e. The molecule has 0 aromatic heterocycles. The van der Waals surface area contributed by atoms with E-state index in [1.165, 1.54) is 12.1 Å². The molecule has 1 fully saturated rings. The molecule has 0 amide bonds. The van der Waals surface area contributed by atoms with E-state index in [9.17, 15) is 8.78 Å². The van der Waals surface area contributed by atoms with Crippen molar-refractivity contribution in [1.29, 1.82) is 0 Å². The van der Waals surface area contributed by atoms with Gasteiger partial charge in [-0.15, -0.1) is 0 Å². The third-order valence-electron chi connectivity index (χ3n) is 5.09. The van der Waals surface area contributed by atoms with E-state index in [0.717, 1.165) is 35.2 Å². The van der Waals surface area contributed by atoms with E-state index in [1.54, 1.807) is 12.1 Å². The van der Waals surface area contributed by atoms with Gasteiger partial charge < -0.3 is 9.64 Å². The molecule has 1 heterocycles. The van der Waals surface area contributed by atoms with Crippen LogP contribution in [0.3, 0.4) is 0 Å². The van der Waals surface area contributed by atoms with Crippen molar-refractivity contribution in [2.45, 2.75) is 31.0 Å². The fourth-order valence-corrected chi connectivity index (χ4v) is 4.14. The first-order valence-electron chi connectivity index (χ1n) is 8.38. The van der Waals surface area contributed by atoms with Crippen LogP contribution in [0.25, 0.3) is 0 Å². The van der Waals surface area contributed by atoms with Crippen molar-refractivity contribution in [3.05, 3.63) is 70.3 Å². The third-order valence-corrected chi connectivity index (χ3v) is 5.09. The van der Waals surface area contributed by atoms with Crippen LogP contribution >= 0.6 is 0 Å². The number of nitrogens with zero attached hydrogens (tertiary/aromatic N) is 1. The zero-order valence-electron chi connectivity index (χ0n) is 13.9. The molecule has 0 unspecified atom stereocenters. The first-order valence-corrected chi connectivity index (χ1v) is 8.38. The summed E-state index contributed by atoms with van der Waals surface area (Å²) in [6.45, 7) is 0.808. The predicted octanol–water partition coefficient (Wildman–Crippen LogP) is 4.04. The van der Waals surface area contributed by atoms with Crippen LogP contribution in [0, 0.1) is 11.6 Å². The highest BCUT2D eigenvalue weighted by Crippen LogP contribution is 2.49. The Hall–Kier alpha value is -1.78. The number of fused-ring (bicyclic) bond motifs is 5. The lowest BCUT2D eigenvalue weighted by molar-refractivity contribution is 0.0270. The minimum Gasteiger partial charge on any atom is -0.368 e. The van der Waals surface area contributed by atoms with Gasteiger partial charge in [-0.05, 0) is 73.5 Å². The van der Waals surface area contributed by atoms with Crippen LogP contribution in [0.2, 0.25) is 0 Å². The molecule has 4 heteroatoms. The fraction of sp³-hybridized carbons (Fsp3) is 0.400. The highest BCUT2D eigenvalue weighted by atomic mass is 19.1. The van der Waals surface area contributed by atoms with Crippen molar-refractivity contribution in [3.63, 3.8) is 0 Å². The lowest BCUT2D eigenvalue weighted by atomic mass is 9.87. The maximum atomic E-state index is 13.9. The molecule has 0 radical (unpaired) electrons. The van der Waals surface area contributed by atoms with Gasteiger partial charge in [0.05, 0.1) is 12.2 Å². The average Bonchev–Trinajstić information content (AvgIpc) is 2.88. The number of rotatable bonds is 2. The zero-order chi connectivity index (χ0) is 16.8. The van der Waals surface area contributed by atoms with Crippen molar-refractivity contribution < 1.29 is 13.5 Å². The third kappa shape index (κ3) is 2.74. The van der Waals surface area contributed by atoms with E-state index in [-0.39, 0.29) is 29.8 Å². The molecular weight excluding hydrogens is 308 g/mol. The highest BCUT2D eigenvalue weighted by Gasteiger charge is 2.41. The molecule has 1 aliphatic carbocycles. The van der Waals surface area contributed by atoms with E-state index < -0.39 is 0 Å². The zero-order valence-corrected chi connectivity index (χ0v) is 13.9. The van der Waals surface area contributed by atoms with Crippen molar-refractivity contribution >= 4 is 0 Å². The molecule has 0 saturated carbocycles. The average molecular weight is 329 g/mol. The summed E-state index contributed by atoms with van der Waals surface area (Å²) >= 11 is 0. The lowest BCUT2D eigenvalue weighted by Crippen LogP contribution is -2.25. The number of benzene rings is 2. The molecule has 0 N–H and O–H groups in total. The molecule has 1 aliphatic heterocycles. The Labute approximate surface area is 141 Å². The maximum Gasteiger partial charge on any atom is 0.123 e. The Kier molecular flexibility index (Phi) is 3.89. The summed E-state index contributed by atoms with van der Waals surface area (Å²) in [5.41, 5.74) is 4.11. The predicted molar refractivity (Wildman–Crippen MR) is 89.1 cm³/mol. The largest absolute Gasteiger partial charge is 0.368 e. The van der Waals surface area contributed by atoms with Crippen LogP contribution in [-0.2, 0) is 11.2 Å². The SMILES string of the molecule is CN(C)C[C@@H]1C[C@H]2c3cc(F)ccc3Cc3ccc(F)cc3[C@@H]2O1. The summed E-state index contributed by atoms with van der Waals surface area (Å²) in [4.78, 5) is 2.09. The van der Waals surface area contributed by atoms with Gasteiger partial charge >= 0.3 is 0 Å². The van der Waals surface area contributed by atoms with Gasteiger partial charge in [-0.2, -0.15) is 0 Å². The van der Waals surface area contributed by atoms with Crippen LogP contribution in [0.1, 0.15) is 40.7 Å². The maximum absolute atomic E-state index is 13.9. The van der Waals surface area contributed by atoms with Crippen LogP contribution in [0.15, 0.2) is 36.4 Å². The van der Waals surface area contributed by atoms with Gasteiger partial charge in [0, 0.05) is 12.5 Å². The Morgan fingerprint density at radius 2 is 1.62 bits per heavy atom. The van der Waals surface area contributed by atoms with Gasteiger partial charge in [-0.3, -0.25) is 0 Å². The van der Waals surface area contributed by atoms with Gasteiger partial charge in [0.15, 0.2) is 0 Å². The van der Waals surface area contributed by atoms with Crippen molar-refractivity contribution in [2.24, 2.45) is 0 Å². The van der Waals surface area contributed by atoms with Crippen LogP contribution in [-0.4, -0.2) is 31.6 Å². The number of hydrogen-bond donors (Lipinski definition) is 0. The number of ether oxygens (including phenoxy) is 1. The standard InChI is InChI=1S/C20H21F2NO/c1-23(2)11-16-10-19-17-8-14(21)5-3-12(17)7-13-4-6-15(22)9-18(13)20(19)24-16/h3-6,8-9,16,19-20H,7,10-11H2,1-2H3/t16-,19-,20-/m0/s1. The van der Waals surface area contributed by atoms with Crippen LogP contribution in [0.5, 0.6) is 0 Å². The topological polar surface area (TPSA) is 12.5 Å². The summed E-state index contributed by atoms with van der Waals surface area (Å²) in [6.07, 6.45) is 1.39. The van der Waals surface area contributed by atoms with Gasteiger partial charge in [-0.25, -0.2) is 8.78 Å². The molecule has 2 nitrogen and oxygen atoms in total. The minimum absolute atomic E-state index is 0.0698. The summed E-state index contributed by atoms with van der Waals surface area (Å²) in [6, 6.07) is 9.93. The van der Waals surface area contributed by atoms with Crippen molar-refractivity contribution in [3.8, 4) is 0 Å². The van der Waals surface area contributed by atoms with E-state index >= 15 is 0 Å². The van der Waals surface area contributed by atoms with Crippen molar-refractivity contribution in [1.82, 2.24) is 4.90 Å². The molecule has 0 bridgehead atoms. The second-order valence-corrected chi connectivity index (χ2v) is 7.15. The first-order chi connectivity index (χ1) is 11.5. The Morgan fingerprint density at radius 3 is 2.29 bits per heavy atom. The van der Waals surface area contributed by atoms with Crippen LogP contribution < -0.4 is 0 Å². The second-order valence-electron chi connectivity index (χ2n) is 7.15.